The highest BCUT2D eigenvalue weighted by molar-refractivity contribution is 6.19. The van der Waals surface area contributed by atoms with E-state index in [4.69, 9.17) is 4.42 Å². The number of fused-ring (bicyclic) bond motifs is 17. The van der Waals surface area contributed by atoms with Crippen molar-refractivity contribution in [3.63, 3.8) is 0 Å². The Labute approximate surface area is 440 Å². The predicted molar refractivity (Wildman–Crippen MR) is 315 cm³/mol. The van der Waals surface area contributed by atoms with Gasteiger partial charge >= 0.3 is 0 Å². The maximum atomic E-state index is 7.27. The van der Waals surface area contributed by atoms with Crippen LogP contribution in [-0.4, -0.2) is 4.57 Å². The normalized spacial score (nSPS) is 12.8. The van der Waals surface area contributed by atoms with Crippen molar-refractivity contribution in [1.82, 2.24) is 4.57 Å². The van der Waals surface area contributed by atoms with Crippen molar-refractivity contribution in [3.05, 3.63) is 301 Å². The molecule has 0 atom stereocenters. The van der Waals surface area contributed by atoms with E-state index in [1.807, 2.05) is 0 Å². The van der Waals surface area contributed by atoms with E-state index in [1.54, 1.807) is 0 Å². The fourth-order valence-corrected chi connectivity index (χ4v) is 13.3. The van der Waals surface area contributed by atoms with Crippen LogP contribution in [-0.2, 0) is 5.41 Å². The van der Waals surface area contributed by atoms with Crippen LogP contribution in [0.1, 0.15) is 22.3 Å². The Bertz CT molecular complexity index is 4600. The minimum atomic E-state index is -0.452. The average Bonchev–Trinajstić information content (AvgIpc) is 4.40. The number of nitrogens with zero attached hydrogens (tertiary/aromatic N) is 2. The van der Waals surface area contributed by atoms with Crippen molar-refractivity contribution in [2.75, 3.05) is 4.90 Å². The summed E-state index contributed by atoms with van der Waals surface area (Å²) in [4.78, 5) is 2.46. The Morgan fingerprint density at radius 2 is 0.895 bits per heavy atom. The smallest absolute Gasteiger partial charge is 0.143 e. The summed E-state index contributed by atoms with van der Waals surface area (Å²) in [6.45, 7) is 0. The molecule has 0 bridgehead atoms. The second-order valence-electron chi connectivity index (χ2n) is 20.3. The van der Waals surface area contributed by atoms with Crippen molar-refractivity contribution in [3.8, 4) is 61.3 Å². The first-order chi connectivity index (χ1) is 37.7. The minimum absolute atomic E-state index is 0.452. The van der Waals surface area contributed by atoms with E-state index in [9.17, 15) is 0 Å². The number of para-hydroxylation sites is 4. The van der Waals surface area contributed by atoms with Gasteiger partial charge in [0.2, 0.25) is 0 Å². The second-order valence-corrected chi connectivity index (χ2v) is 20.3. The van der Waals surface area contributed by atoms with Gasteiger partial charge in [-0.2, -0.15) is 0 Å². The van der Waals surface area contributed by atoms with E-state index < -0.39 is 5.41 Å². The molecule has 2 heterocycles. The lowest BCUT2D eigenvalue weighted by Crippen LogP contribution is -2.25. The molecule has 0 unspecified atom stereocenters. The third-order valence-electron chi connectivity index (χ3n) is 16.4. The molecule has 76 heavy (non-hydrogen) atoms. The van der Waals surface area contributed by atoms with Crippen LogP contribution in [0.15, 0.2) is 283 Å². The maximum absolute atomic E-state index is 7.27. The van der Waals surface area contributed by atoms with Crippen molar-refractivity contribution < 1.29 is 4.42 Å². The number of rotatable bonds is 7. The Morgan fingerprint density at radius 3 is 1.64 bits per heavy atom. The van der Waals surface area contributed by atoms with Gasteiger partial charge in [-0.25, -0.2) is 0 Å². The Hall–Kier alpha value is -9.96. The number of furan rings is 1. The summed E-state index contributed by atoms with van der Waals surface area (Å²) in [7, 11) is 0. The van der Waals surface area contributed by atoms with E-state index in [-0.39, 0.29) is 0 Å². The molecular weight excluding hydrogens is 921 g/mol. The van der Waals surface area contributed by atoms with Crippen LogP contribution in [0.5, 0.6) is 0 Å². The first-order valence-corrected chi connectivity index (χ1v) is 26.2. The number of benzene rings is 12. The fourth-order valence-electron chi connectivity index (χ4n) is 13.3. The van der Waals surface area contributed by atoms with Crippen LogP contribution in [0.3, 0.4) is 0 Å². The standard InChI is InChI=1S/C73H46N2O/c1-4-21-47(22-5-1)49-43-50(55-32-20-33-60-71-69(76-72(55)60)42-40-65-70(71)59-31-12-17-36-64(59)73(65)62-34-15-10-28-56(62)57-29-11-16-35-63(57)73)45-53(44-49)74(66-37-18-13-27-54(66)48-23-6-2-7-24-48)52-39-41-68-61(46-52)58-30-14-19-38-67(58)75(68)51-25-8-3-9-26-51/h1-46H. The lowest BCUT2D eigenvalue weighted by molar-refractivity contribution is 0.669. The van der Waals surface area contributed by atoms with Gasteiger partial charge in [-0.15, -0.1) is 0 Å². The van der Waals surface area contributed by atoms with E-state index >= 15 is 0 Å². The highest BCUT2D eigenvalue weighted by Gasteiger charge is 2.52. The van der Waals surface area contributed by atoms with Crippen LogP contribution in [0.25, 0.3) is 105 Å². The molecular formula is C73H46N2O. The molecule has 12 aromatic carbocycles. The Balaban J connectivity index is 0.950. The quantitative estimate of drug-likeness (QED) is 0.159. The molecule has 2 aliphatic carbocycles. The van der Waals surface area contributed by atoms with E-state index in [0.717, 1.165) is 83.6 Å². The predicted octanol–water partition coefficient (Wildman–Crippen LogP) is 19.5. The molecule has 0 radical (unpaired) electrons. The van der Waals surface area contributed by atoms with Crippen LogP contribution < -0.4 is 4.90 Å². The number of aromatic nitrogens is 1. The topological polar surface area (TPSA) is 21.3 Å². The second kappa shape index (κ2) is 16.5. The molecule has 0 fully saturated rings. The van der Waals surface area contributed by atoms with Gasteiger partial charge in [0.05, 0.1) is 22.1 Å². The molecule has 3 nitrogen and oxygen atoms in total. The van der Waals surface area contributed by atoms with Gasteiger partial charge in [-0.05, 0) is 133 Å². The van der Waals surface area contributed by atoms with Gasteiger partial charge in [0.15, 0.2) is 0 Å². The summed E-state index contributed by atoms with van der Waals surface area (Å²) in [6.07, 6.45) is 0. The molecule has 354 valence electrons. The summed E-state index contributed by atoms with van der Waals surface area (Å²) in [5.74, 6) is 0. The molecule has 2 aliphatic rings. The lowest BCUT2D eigenvalue weighted by atomic mass is 9.70. The Kier molecular flexibility index (Phi) is 9.25. The third kappa shape index (κ3) is 6.05. The molecule has 0 saturated heterocycles. The largest absolute Gasteiger partial charge is 0.455 e. The van der Waals surface area contributed by atoms with Gasteiger partial charge in [-0.3, -0.25) is 0 Å². The first kappa shape index (κ1) is 42.5. The molecule has 0 aliphatic heterocycles. The zero-order chi connectivity index (χ0) is 49.9. The molecule has 16 rings (SSSR count). The van der Waals surface area contributed by atoms with Gasteiger partial charge in [0.1, 0.15) is 11.2 Å². The zero-order valence-corrected chi connectivity index (χ0v) is 41.4. The molecule has 0 saturated carbocycles. The van der Waals surface area contributed by atoms with Crippen molar-refractivity contribution in [2.45, 2.75) is 5.41 Å². The lowest BCUT2D eigenvalue weighted by Gasteiger charge is -2.30. The van der Waals surface area contributed by atoms with Gasteiger partial charge in [0, 0.05) is 49.7 Å². The van der Waals surface area contributed by atoms with Gasteiger partial charge in [0.25, 0.3) is 0 Å². The molecule has 14 aromatic rings. The summed E-state index contributed by atoms with van der Waals surface area (Å²) >= 11 is 0. The first-order valence-electron chi connectivity index (χ1n) is 26.2. The average molecular weight is 967 g/mol. The molecule has 0 N–H and O–H groups in total. The number of hydrogen-bond acceptors (Lipinski definition) is 2. The SMILES string of the molecule is c1ccc(-c2cc(-c3cccc4c3oc3ccc5c(c34)-c3ccccc3C53c4ccccc4-c4ccccc43)cc(N(c3ccc4c(c3)c3ccccc3n4-c3ccccc3)c3ccccc3-c3ccccc3)c2)cc1. The molecule has 3 heteroatoms. The summed E-state index contributed by atoms with van der Waals surface area (Å²) < 4.78 is 9.66. The van der Waals surface area contributed by atoms with E-state index in [0.29, 0.717) is 0 Å². The fraction of sp³-hybridized carbons (Fsp3) is 0.0137. The van der Waals surface area contributed by atoms with Crippen molar-refractivity contribution in [2.24, 2.45) is 0 Å². The number of hydrogen-bond donors (Lipinski definition) is 0. The number of anilines is 3. The zero-order valence-electron chi connectivity index (χ0n) is 41.4. The minimum Gasteiger partial charge on any atom is -0.455 e. The summed E-state index contributed by atoms with van der Waals surface area (Å²) in [5, 5.41) is 4.65. The van der Waals surface area contributed by atoms with Crippen LogP contribution in [0.4, 0.5) is 17.1 Å². The maximum Gasteiger partial charge on any atom is 0.143 e. The summed E-state index contributed by atoms with van der Waals surface area (Å²) in [6, 6.07) is 102. The van der Waals surface area contributed by atoms with Crippen molar-refractivity contribution in [1.29, 1.82) is 0 Å². The third-order valence-corrected chi connectivity index (χ3v) is 16.4. The summed E-state index contributed by atoms with van der Waals surface area (Å²) in [5.41, 5.74) is 25.0. The molecule has 2 aromatic heterocycles. The highest BCUT2D eigenvalue weighted by Crippen LogP contribution is 2.64. The van der Waals surface area contributed by atoms with Crippen molar-refractivity contribution >= 4 is 60.8 Å². The molecule has 0 amide bonds. The van der Waals surface area contributed by atoms with E-state index in [1.165, 1.54) is 60.8 Å². The van der Waals surface area contributed by atoms with Crippen LogP contribution in [0.2, 0.25) is 0 Å². The van der Waals surface area contributed by atoms with E-state index in [2.05, 4.69) is 289 Å². The van der Waals surface area contributed by atoms with Gasteiger partial charge < -0.3 is 13.9 Å². The monoisotopic (exact) mass is 966 g/mol. The van der Waals surface area contributed by atoms with Crippen LogP contribution >= 0.6 is 0 Å². The highest BCUT2D eigenvalue weighted by atomic mass is 16.3. The van der Waals surface area contributed by atoms with Crippen LogP contribution in [0, 0.1) is 0 Å². The Morgan fingerprint density at radius 1 is 0.329 bits per heavy atom. The van der Waals surface area contributed by atoms with Gasteiger partial charge in [-0.1, -0.05) is 212 Å². The molecule has 1 spiro atoms.